The lowest BCUT2D eigenvalue weighted by molar-refractivity contribution is 0.376. The first-order chi connectivity index (χ1) is 9.81. The molecular formula is C16H19N3O. The molecule has 4 nitrogen and oxygen atoms in total. The van der Waals surface area contributed by atoms with Crippen LogP contribution in [-0.4, -0.2) is 10.1 Å². The van der Waals surface area contributed by atoms with Crippen LogP contribution >= 0.6 is 0 Å². The highest BCUT2D eigenvalue weighted by atomic mass is 16.5. The van der Waals surface area contributed by atoms with Crippen LogP contribution in [0.4, 0.5) is 5.69 Å². The van der Waals surface area contributed by atoms with Crippen LogP contribution in [0.5, 0.6) is 0 Å². The van der Waals surface area contributed by atoms with Gasteiger partial charge < -0.3 is 10.3 Å². The molecule has 0 radical (unpaired) electrons. The van der Waals surface area contributed by atoms with Crippen LogP contribution in [0.3, 0.4) is 0 Å². The summed E-state index contributed by atoms with van der Waals surface area (Å²) in [6, 6.07) is 7.68. The van der Waals surface area contributed by atoms with Gasteiger partial charge in [-0.2, -0.15) is 4.98 Å². The van der Waals surface area contributed by atoms with Gasteiger partial charge in [0.15, 0.2) is 5.82 Å². The first-order valence-corrected chi connectivity index (χ1v) is 7.18. The molecule has 2 aromatic rings. The molecule has 20 heavy (non-hydrogen) atoms. The van der Waals surface area contributed by atoms with E-state index in [1.165, 1.54) is 32.1 Å². The number of hydrogen-bond acceptors (Lipinski definition) is 4. The van der Waals surface area contributed by atoms with E-state index < -0.39 is 0 Å². The number of benzene rings is 1. The van der Waals surface area contributed by atoms with E-state index in [-0.39, 0.29) is 0 Å². The monoisotopic (exact) mass is 269 g/mol. The molecule has 3 rings (SSSR count). The lowest BCUT2D eigenvalue weighted by Gasteiger charge is -2.17. The molecule has 0 spiro atoms. The second-order valence-corrected chi connectivity index (χ2v) is 5.33. The molecular weight excluding hydrogens is 250 g/mol. The van der Waals surface area contributed by atoms with E-state index in [0.717, 1.165) is 17.1 Å². The zero-order chi connectivity index (χ0) is 13.8. The standard InChI is InChI=1S/C16H19N3O/c17-14-9-6-12(7-10-14)8-11-15-18-16(19-20-15)13-4-2-1-3-5-13/h6-11,13H,1-5,17H2/b11-8+. The summed E-state index contributed by atoms with van der Waals surface area (Å²) in [5, 5.41) is 4.11. The third kappa shape index (κ3) is 3.07. The molecule has 1 aliphatic carbocycles. The summed E-state index contributed by atoms with van der Waals surface area (Å²) in [5.41, 5.74) is 7.48. The predicted octanol–water partition coefficient (Wildman–Crippen LogP) is 3.87. The van der Waals surface area contributed by atoms with Crippen molar-refractivity contribution in [3.8, 4) is 0 Å². The van der Waals surface area contributed by atoms with Crippen LogP contribution in [0.25, 0.3) is 12.2 Å². The highest BCUT2D eigenvalue weighted by Gasteiger charge is 2.20. The van der Waals surface area contributed by atoms with Crippen molar-refractivity contribution >= 4 is 17.8 Å². The van der Waals surface area contributed by atoms with Crippen molar-refractivity contribution in [3.05, 3.63) is 41.5 Å². The molecule has 0 atom stereocenters. The number of nitrogens with two attached hydrogens (primary N) is 1. The number of hydrogen-bond donors (Lipinski definition) is 1. The summed E-state index contributed by atoms with van der Waals surface area (Å²) in [4.78, 5) is 4.48. The van der Waals surface area contributed by atoms with Crippen molar-refractivity contribution in [2.24, 2.45) is 0 Å². The van der Waals surface area contributed by atoms with E-state index >= 15 is 0 Å². The van der Waals surface area contributed by atoms with Gasteiger partial charge >= 0.3 is 0 Å². The van der Waals surface area contributed by atoms with Gasteiger partial charge in [0, 0.05) is 17.7 Å². The van der Waals surface area contributed by atoms with E-state index in [4.69, 9.17) is 10.3 Å². The third-order valence-corrected chi connectivity index (χ3v) is 3.78. The molecule has 1 heterocycles. The van der Waals surface area contributed by atoms with Gasteiger partial charge in [0.05, 0.1) is 0 Å². The molecule has 2 N–H and O–H groups in total. The van der Waals surface area contributed by atoms with Crippen LogP contribution in [0.2, 0.25) is 0 Å². The second kappa shape index (κ2) is 5.90. The fraction of sp³-hybridized carbons (Fsp3) is 0.375. The van der Waals surface area contributed by atoms with Gasteiger partial charge in [0.1, 0.15) is 0 Å². The van der Waals surface area contributed by atoms with Gasteiger partial charge in [-0.1, -0.05) is 36.6 Å². The molecule has 0 unspecified atom stereocenters. The second-order valence-electron chi connectivity index (χ2n) is 5.33. The lowest BCUT2D eigenvalue weighted by atomic mass is 9.89. The van der Waals surface area contributed by atoms with Crippen molar-refractivity contribution in [3.63, 3.8) is 0 Å². The van der Waals surface area contributed by atoms with Crippen LogP contribution < -0.4 is 5.73 Å². The number of nitrogen functional groups attached to an aromatic ring is 1. The van der Waals surface area contributed by atoms with Gasteiger partial charge in [-0.15, -0.1) is 0 Å². The fourth-order valence-corrected chi connectivity index (χ4v) is 2.62. The topological polar surface area (TPSA) is 64.9 Å². The molecule has 1 aromatic carbocycles. The summed E-state index contributed by atoms with van der Waals surface area (Å²) >= 11 is 0. The Morgan fingerprint density at radius 3 is 2.55 bits per heavy atom. The molecule has 0 aliphatic heterocycles. The normalized spacial score (nSPS) is 16.8. The van der Waals surface area contributed by atoms with E-state index in [9.17, 15) is 0 Å². The Bertz CT molecular complexity index is 580. The Morgan fingerprint density at radius 2 is 1.80 bits per heavy atom. The molecule has 0 bridgehead atoms. The van der Waals surface area contributed by atoms with E-state index in [1.54, 1.807) is 0 Å². The first kappa shape index (κ1) is 12.9. The summed E-state index contributed by atoms with van der Waals surface area (Å²) in [5.74, 6) is 1.91. The largest absolute Gasteiger partial charge is 0.399 e. The summed E-state index contributed by atoms with van der Waals surface area (Å²) < 4.78 is 5.29. The van der Waals surface area contributed by atoms with Crippen molar-refractivity contribution < 1.29 is 4.52 Å². The summed E-state index contributed by atoms with van der Waals surface area (Å²) in [6.45, 7) is 0. The summed E-state index contributed by atoms with van der Waals surface area (Å²) in [6.07, 6.45) is 10.0. The van der Waals surface area contributed by atoms with E-state index in [2.05, 4.69) is 10.1 Å². The zero-order valence-electron chi connectivity index (χ0n) is 11.5. The Kier molecular flexibility index (Phi) is 3.81. The molecule has 0 saturated heterocycles. The minimum Gasteiger partial charge on any atom is -0.399 e. The highest BCUT2D eigenvalue weighted by Crippen LogP contribution is 2.30. The number of aromatic nitrogens is 2. The van der Waals surface area contributed by atoms with Crippen LogP contribution in [-0.2, 0) is 0 Å². The van der Waals surface area contributed by atoms with Crippen molar-refractivity contribution in [1.29, 1.82) is 0 Å². The van der Waals surface area contributed by atoms with Crippen LogP contribution in [0.1, 0.15) is 55.3 Å². The third-order valence-electron chi connectivity index (χ3n) is 3.78. The predicted molar refractivity (Wildman–Crippen MR) is 79.9 cm³/mol. The number of rotatable bonds is 3. The van der Waals surface area contributed by atoms with Crippen molar-refractivity contribution in [2.45, 2.75) is 38.0 Å². The highest BCUT2D eigenvalue weighted by molar-refractivity contribution is 5.66. The Hall–Kier alpha value is -2.10. The zero-order valence-corrected chi connectivity index (χ0v) is 11.5. The van der Waals surface area contributed by atoms with Gasteiger partial charge in [-0.05, 0) is 36.6 Å². The average molecular weight is 269 g/mol. The quantitative estimate of drug-likeness (QED) is 0.859. The first-order valence-electron chi connectivity index (χ1n) is 7.18. The van der Waals surface area contributed by atoms with Crippen molar-refractivity contribution in [1.82, 2.24) is 10.1 Å². The fourth-order valence-electron chi connectivity index (χ4n) is 2.62. The number of anilines is 1. The Labute approximate surface area is 118 Å². The smallest absolute Gasteiger partial charge is 0.250 e. The van der Waals surface area contributed by atoms with E-state index in [1.807, 2.05) is 36.4 Å². The molecule has 0 amide bonds. The molecule has 1 aliphatic rings. The van der Waals surface area contributed by atoms with E-state index in [0.29, 0.717) is 11.8 Å². The van der Waals surface area contributed by atoms with Gasteiger partial charge in [-0.25, -0.2) is 0 Å². The molecule has 1 fully saturated rings. The Morgan fingerprint density at radius 1 is 1.05 bits per heavy atom. The number of nitrogens with zero attached hydrogens (tertiary/aromatic N) is 2. The summed E-state index contributed by atoms with van der Waals surface area (Å²) in [7, 11) is 0. The maximum Gasteiger partial charge on any atom is 0.250 e. The lowest BCUT2D eigenvalue weighted by Crippen LogP contribution is -2.06. The van der Waals surface area contributed by atoms with Gasteiger partial charge in [-0.3, -0.25) is 0 Å². The Balaban J connectivity index is 1.68. The molecule has 104 valence electrons. The van der Waals surface area contributed by atoms with Crippen LogP contribution in [0.15, 0.2) is 28.8 Å². The molecule has 1 aromatic heterocycles. The molecule has 1 saturated carbocycles. The maximum atomic E-state index is 5.65. The van der Waals surface area contributed by atoms with Gasteiger partial charge in [0.2, 0.25) is 0 Å². The maximum absolute atomic E-state index is 5.65. The minimum atomic E-state index is 0.478. The van der Waals surface area contributed by atoms with Crippen LogP contribution in [0, 0.1) is 0 Å². The molecule has 4 heteroatoms. The SMILES string of the molecule is Nc1ccc(/C=C/c2nc(C3CCCCC3)no2)cc1. The average Bonchev–Trinajstić information content (AvgIpc) is 2.97. The van der Waals surface area contributed by atoms with Crippen molar-refractivity contribution in [2.75, 3.05) is 5.73 Å². The van der Waals surface area contributed by atoms with Gasteiger partial charge in [0.25, 0.3) is 5.89 Å². The minimum absolute atomic E-state index is 0.478.